The molecule has 1 aromatic heterocycles. The molecule has 0 aliphatic heterocycles. The van der Waals surface area contributed by atoms with E-state index in [1.807, 2.05) is 29.6 Å². The first kappa shape index (κ1) is 24.5. The van der Waals surface area contributed by atoms with Crippen LogP contribution in [0, 0.1) is 19.3 Å². The number of aryl methyl sites for hydroxylation is 1. The molecule has 8 heteroatoms. The topological polar surface area (TPSA) is 84.8 Å². The Morgan fingerprint density at radius 3 is 2.61 bits per heavy atom. The van der Waals surface area contributed by atoms with Crippen molar-refractivity contribution in [1.29, 1.82) is 0 Å². The van der Waals surface area contributed by atoms with Crippen LogP contribution in [0.25, 0.3) is 11.3 Å². The van der Waals surface area contributed by atoms with Crippen molar-refractivity contribution in [2.45, 2.75) is 6.92 Å². The van der Waals surface area contributed by atoms with Crippen molar-refractivity contribution >= 4 is 34.3 Å². The predicted molar refractivity (Wildman–Crippen MR) is 144 cm³/mol. The molecule has 0 saturated heterocycles. The summed E-state index contributed by atoms with van der Waals surface area (Å²) in [5.41, 5.74) is 7.70. The van der Waals surface area contributed by atoms with Gasteiger partial charge in [0, 0.05) is 22.2 Å². The largest absolute Gasteiger partial charge is 0.493 e. The molecular weight excluding hydrogens is 472 g/mol. The van der Waals surface area contributed by atoms with E-state index in [4.69, 9.17) is 15.9 Å². The minimum atomic E-state index is -0.321. The van der Waals surface area contributed by atoms with Crippen LogP contribution in [0.15, 0.2) is 77.2 Å². The van der Waals surface area contributed by atoms with E-state index in [9.17, 15) is 4.79 Å². The Morgan fingerprint density at radius 1 is 1.11 bits per heavy atom. The third kappa shape index (κ3) is 6.29. The number of rotatable bonds is 9. The van der Waals surface area contributed by atoms with Gasteiger partial charge in [-0.3, -0.25) is 4.79 Å². The van der Waals surface area contributed by atoms with Gasteiger partial charge in [-0.15, -0.1) is 17.8 Å². The summed E-state index contributed by atoms with van der Waals surface area (Å²) < 4.78 is 10.7. The average molecular weight is 497 g/mol. The van der Waals surface area contributed by atoms with Crippen molar-refractivity contribution in [3.8, 4) is 35.1 Å². The smallest absolute Gasteiger partial charge is 0.271 e. The Balaban J connectivity index is 1.35. The number of aromatic nitrogens is 1. The second kappa shape index (κ2) is 11.7. The molecule has 4 aromatic rings. The molecule has 3 aromatic carbocycles. The van der Waals surface area contributed by atoms with E-state index in [0.29, 0.717) is 17.1 Å². The van der Waals surface area contributed by atoms with Gasteiger partial charge in [0.2, 0.25) is 0 Å². The average Bonchev–Trinajstić information content (AvgIpc) is 3.37. The molecule has 1 amide bonds. The van der Waals surface area contributed by atoms with Crippen LogP contribution < -0.4 is 20.2 Å². The molecule has 0 unspecified atom stereocenters. The van der Waals surface area contributed by atoms with Gasteiger partial charge in [0.15, 0.2) is 16.6 Å². The molecule has 0 aliphatic carbocycles. The highest BCUT2D eigenvalue weighted by Crippen LogP contribution is 2.28. The van der Waals surface area contributed by atoms with Crippen LogP contribution in [0.3, 0.4) is 0 Å². The van der Waals surface area contributed by atoms with E-state index in [1.54, 1.807) is 30.3 Å². The maximum Gasteiger partial charge on any atom is 0.271 e. The van der Waals surface area contributed by atoms with Crippen LogP contribution in [0.4, 0.5) is 10.8 Å². The van der Waals surface area contributed by atoms with Gasteiger partial charge in [-0.2, -0.15) is 5.10 Å². The maximum atomic E-state index is 12.5. The number of anilines is 2. The van der Waals surface area contributed by atoms with Gasteiger partial charge in [-0.05, 0) is 55.0 Å². The van der Waals surface area contributed by atoms with Gasteiger partial charge in [-0.25, -0.2) is 10.4 Å². The summed E-state index contributed by atoms with van der Waals surface area (Å²) in [7, 11) is 1.54. The predicted octanol–water partition coefficient (Wildman–Crippen LogP) is 5.65. The molecule has 0 bridgehead atoms. The summed E-state index contributed by atoms with van der Waals surface area (Å²) in [6, 6.07) is 20.6. The Hall–Kier alpha value is -4.61. The number of terminal acetylenes is 1. The molecule has 0 saturated carbocycles. The maximum absolute atomic E-state index is 12.5. The monoisotopic (exact) mass is 496 g/mol. The first-order chi connectivity index (χ1) is 17.6. The number of hydrogen-bond acceptors (Lipinski definition) is 7. The molecular formula is C28H24N4O3S. The highest BCUT2D eigenvalue weighted by Gasteiger charge is 2.09. The number of hydrazone groups is 1. The lowest BCUT2D eigenvalue weighted by atomic mass is 10.1. The van der Waals surface area contributed by atoms with Crippen LogP contribution >= 0.6 is 11.3 Å². The lowest BCUT2D eigenvalue weighted by Gasteiger charge is -2.09. The number of benzene rings is 3. The number of thiazole rings is 1. The standard InChI is InChI=1S/C28H24N4O3S/c1-4-15-35-25-14-7-20(16-26(25)34-3)17-29-32-27(33)22-10-8-21(9-11-22)24-18-36-28(31-24)30-23-12-5-19(2)6-13-23/h1,5-14,16-18H,15H2,2-3H3,(H,30,31)(H,32,33)/b29-17-. The minimum Gasteiger partial charge on any atom is -0.493 e. The van der Waals surface area contributed by atoms with Crippen molar-refractivity contribution in [3.05, 3.63) is 88.8 Å². The van der Waals surface area contributed by atoms with E-state index in [2.05, 4.69) is 45.8 Å². The molecule has 0 radical (unpaired) electrons. The van der Waals surface area contributed by atoms with E-state index in [-0.39, 0.29) is 12.5 Å². The Morgan fingerprint density at radius 2 is 1.89 bits per heavy atom. The molecule has 0 fully saturated rings. The molecule has 7 nitrogen and oxygen atoms in total. The fourth-order valence-corrected chi connectivity index (χ4v) is 3.99. The number of ether oxygens (including phenoxy) is 2. The van der Waals surface area contributed by atoms with E-state index in [1.165, 1.54) is 30.2 Å². The number of amides is 1. The van der Waals surface area contributed by atoms with Gasteiger partial charge in [0.05, 0.1) is 19.0 Å². The van der Waals surface area contributed by atoms with Gasteiger partial charge < -0.3 is 14.8 Å². The molecule has 4 rings (SSSR count). The molecule has 2 N–H and O–H groups in total. The number of methoxy groups -OCH3 is 1. The van der Waals surface area contributed by atoms with Gasteiger partial charge in [0.25, 0.3) is 5.91 Å². The third-order valence-electron chi connectivity index (χ3n) is 5.13. The van der Waals surface area contributed by atoms with E-state index < -0.39 is 0 Å². The highest BCUT2D eigenvalue weighted by molar-refractivity contribution is 7.14. The normalized spacial score (nSPS) is 10.6. The fourth-order valence-electron chi connectivity index (χ4n) is 3.25. The molecule has 36 heavy (non-hydrogen) atoms. The summed E-state index contributed by atoms with van der Waals surface area (Å²) in [6.45, 7) is 2.20. The van der Waals surface area contributed by atoms with Crippen molar-refractivity contribution < 1.29 is 14.3 Å². The number of carbonyl (C=O) groups excluding carboxylic acids is 1. The van der Waals surface area contributed by atoms with E-state index in [0.717, 1.165) is 27.6 Å². The van der Waals surface area contributed by atoms with Crippen LogP contribution in [0.1, 0.15) is 21.5 Å². The summed E-state index contributed by atoms with van der Waals surface area (Å²) in [5.74, 6) is 3.15. The zero-order valence-corrected chi connectivity index (χ0v) is 20.6. The SMILES string of the molecule is C#CCOc1ccc(/C=N\NC(=O)c2ccc(-c3csc(Nc4ccc(C)cc4)n3)cc2)cc1OC. The van der Waals surface area contributed by atoms with Crippen molar-refractivity contribution in [2.75, 3.05) is 19.0 Å². The summed E-state index contributed by atoms with van der Waals surface area (Å²) in [6.07, 6.45) is 6.75. The van der Waals surface area contributed by atoms with Gasteiger partial charge in [0.1, 0.15) is 6.61 Å². The van der Waals surface area contributed by atoms with Crippen LogP contribution in [0.2, 0.25) is 0 Å². The quantitative estimate of drug-likeness (QED) is 0.178. The number of hydrogen-bond donors (Lipinski definition) is 2. The van der Waals surface area contributed by atoms with Crippen molar-refractivity contribution in [1.82, 2.24) is 10.4 Å². The molecule has 0 spiro atoms. The lowest BCUT2D eigenvalue weighted by molar-refractivity contribution is 0.0955. The lowest BCUT2D eigenvalue weighted by Crippen LogP contribution is -2.17. The third-order valence-corrected chi connectivity index (χ3v) is 5.89. The summed E-state index contributed by atoms with van der Waals surface area (Å²) in [4.78, 5) is 17.1. The number of nitrogens with one attached hydrogen (secondary N) is 2. The molecule has 180 valence electrons. The van der Waals surface area contributed by atoms with Crippen LogP contribution in [-0.4, -0.2) is 30.8 Å². The van der Waals surface area contributed by atoms with Gasteiger partial charge in [-0.1, -0.05) is 35.7 Å². The van der Waals surface area contributed by atoms with Gasteiger partial charge >= 0.3 is 0 Å². The Labute approximate surface area is 213 Å². The second-order valence-electron chi connectivity index (χ2n) is 7.71. The number of carbonyl (C=O) groups is 1. The van der Waals surface area contributed by atoms with Crippen molar-refractivity contribution in [3.63, 3.8) is 0 Å². The fraction of sp³-hybridized carbons (Fsp3) is 0.107. The second-order valence-corrected chi connectivity index (χ2v) is 8.57. The summed E-state index contributed by atoms with van der Waals surface area (Å²) >= 11 is 1.52. The van der Waals surface area contributed by atoms with E-state index >= 15 is 0 Å². The summed E-state index contributed by atoms with van der Waals surface area (Å²) in [5, 5.41) is 10.1. The van der Waals surface area contributed by atoms with Crippen molar-refractivity contribution in [2.24, 2.45) is 5.10 Å². The zero-order chi connectivity index (χ0) is 25.3. The first-order valence-electron chi connectivity index (χ1n) is 11.0. The minimum absolute atomic E-state index is 0.145. The Bertz CT molecular complexity index is 1400. The highest BCUT2D eigenvalue weighted by atomic mass is 32.1. The Kier molecular flexibility index (Phi) is 7.96. The van der Waals surface area contributed by atoms with Crippen LogP contribution in [0.5, 0.6) is 11.5 Å². The molecule has 0 atom stereocenters. The molecule has 1 heterocycles. The number of nitrogens with zero attached hydrogens (tertiary/aromatic N) is 2. The first-order valence-corrected chi connectivity index (χ1v) is 11.9. The zero-order valence-electron chi connectivity index (χ0n) is 19.8. The van der Waals surface area contributed by atoms with Crippen LogP contribution in [-0.2, 0) is 0 Å². The molecule has 0 aliphatic rings.